The lowest BCUT2D eigenvalue weighted by atomic mass is 9.77. The Bertz CT molecular complexity index is 644. The van der Waals surface area contributed by atoms with Gasteiger partial charge in [-0.15, -0.1) is 0 Å². The van der Waals surface area contributed by atoms with Crippen molar-refractivity contribution < 1.29 is 23.6 Å². The molecule has 0 bridgehead atoms. The van der Waals surface area contributed by atoms with Gasteiger partial charge in [0.2, 0.25) is 0 Å². The zero-order valence-corrected chi connectivity index (χ0v) is 14.9. The maximum atomic E-state index is 12.1. The zero-order chi connectivity index (χ0) is 18.1. The van der Waals surface area contributed by atoms with E-state index in [2.05, 4.69) is 10.3 Å². The number of rotatable bonds is 4. The summed E-state index contributed by atoms with van der Waals surface area (Å²) in [6.45, 7) is 9.94. The molecule has 2 rings (SSSR count). The summed E-state index contributed by atoms with van der Waals surface area (Å²) >= 11 is 0. The number of carbonyl (C=O) groups is 2. The Hall–Kier alpha value is -1.93. The second-order valence-corrected chi connectivity index (χ2v) is 6.57. The molecule has 2 heterocycles. The Morgan fingerprint density at radius 1 is 1.21 bits per heavy atom. The van der Waals surface area contributed by atoms with E-state index in [1.165, 1.54) is 13.2 Å². The number of esters is 1. The van der Waals surface area contributed by atoms with Crippen LogP contribution in [-0.2, 0) is 14.0 Å². The van der Waals surface area contributed by atoms with Crippen molar-refractivity contribution >= 4 is 24.5 Å². The molecule has 1 aliphatic rings. The standard InChI is InChI=1S/C16H23BN2O5/c1-7-18-13(20)11-9-8-10(12(19-11)14(21)22-6)17-23-15(2,3)16(4,5)24-17/h8-9H,7H2,1-6H3,(H,18,20). The highest BCUT2D eigenvalue weighted by atomic mass is 16.7. The van der Waals surface area contributed by atoms with Crippen molar-refractivity contribution in [3.8, 4) is 0 Å². The third kappa shape index (κ3) is 3.30. The molecule has 24 heavy (non-hydrogen) atoms. The van der Waals surface area contributed by atoms with E-state index in [-0.39, 0.29) is 17.3 Å². The fourth-order valence-corrected chi connectivity index (χ4v) is 2.27. The highest BCUT2D eigenvalue weighted by Gasteiger charge is 2.52. The highest BCUT2D eigenvalue weighted by Crippen LogP contribution is 2.36. The van der Waals surface area contributed by atoms with Crippen molar-refractivity contribution in [2.24, 2.45) is 0 Å². The summed E-state index contributed by atoms with van der Waals surface area (Å²) in [4.78, 5) is 28.2. The molecule has 0 spiro atoms. The van der Waals surface area contributed by atoms with E-state index >= 15 is 0 Å². The minimum atomic E-state index is -0.764. The molecule has 0 aromatic carbocycles. The number of nitrogens with one attached hydrogen (secondary N) is 1. The number of ether oxygens (including phenoxy) is 1. The number of amides is 1. The number of pyridine rings is 1. The lowest BCUT2D eigenvalue weighted by Crippen LogP contribution is -2.41. The van der Waals surface area contributed by atoms with Crippen LogP contribution in [-0.4, -0.2) is 48.8 Å². The van der Waals surface area contributed by atoms with Gasteiger partial charge in [-0.05, 0) is 40.7 Å². The number of carbonyl (C=O) groups excluding carboxylic acids is 2. The molecule has 7 nitrogen and oxygen atoms in total. The van der Waals surface area contributed by atoms with E-state index in [0.717, 1.165) is 0 Å². The van der Waals surface area contributed by atoms with Crippen molar-refractivity contribution in [1.82, 2.24) is 10.3 Å². The Morgan fingerprint density at radius 2 is 1.79 bits per heavy atom. The van der Waals surface area contributed by atoms with Crippen molar-refractivity contribution in [2.45, 2.75) is 45.8 Å². The summed E-state index contributed by atoms with van der Waals surface area (Å²) in [5.74, 6) is -1.01. The average molecular weight is 334 g/mol. The van der Waals surface area contributed by atoms with Gasteiger partial charge < -0.3 is 19.4 Å². The highest BCUT2D eigenvalue weighted by molar-refractivity contribution is 6.63. The fraction of sp³-hybridized carbons (Fsp3) is 0.562. The molecule has 0 atom stereocenters. The van der Waals surface area contributed by atoms with Crippen LogP contribution in [0.4, 0.5) is 0 Å². The van der Waals surface area contributed by atoms with E-state index in [4.69, 9.17) is 14.0 Å². The van der Waals surface area contributed by atoms with Crippen molar-refractivity contribution in [3.63, 3.8) is 0 Å². The number of hydrogen-bond acceptors (Lipinski definition) is 6. The molecule has 0 radical (unpaired) electrons. The maximum Gasteiger partial charge on any atom is 0.497 e. The summed E-state index contributed by atoms with van der Waals surface area (Å²) < 4.78 is 16.7. The number of aromatic nitrogens is 1. The summed E-state index contributed by atoms with van der Waals surface area (Å²) in [6.07, 6.45) is 0. The monoisotopic (exact) mass is 334 g/mol. The smallest absolute Gasteiger partial charge is 0.464 e. The van der Waals surface area contributed by atoms with Crippen LogP contribution >= 0.6 is 0 Å². The summed E-state index contributed by atoms with van der Waals surface area (Å²) in [5.41, 5.74) is -0.516. The van der Waals surface area contributed by atoms with Gasteiger partial charge in [0, 0.05) is 12.0 Å². The lowest BCUT2D eigenvalue weighted by Gasteiger charge is -2.32. The molecule has 1 fully saturated rings. The quantitative estimate of drug-likeness (QED) is 0.651. The van der Waals surface area contributed by atoms with Gasteiger partial charge in [-0.25, -0.2) is 9.78 Å². The van der Waals surface area contributed by atoms with Crippen LogP contribution in [0, 0.1) is 0 Å². The molecule has 130 valence electrons. The number of nitrogens with zero attached hydrogens (tertiary/aromatic N) is 1. The minimum absolute atomic E-state index is 0.0137. The molecule has 0 unspecified atom stereocenters. The molecule has 1 aliphatic heterocycles. The first kappa shape index (κ1) is 18.4. The van der Waals surface area contributed by atoms with Gasteiger partial charge in [0.05, 0.1) is 18.3 Å². The molecule has 8 heteroatoms. The largest absolute Gasteiger partial charge is 0.497 e. The van der Waals surface area contributed by atoms with Crippen LogP contribution in [0.15, 0.2) is 12.1 Å². The SMILES string of the molecule is CCNC(=O)c1ccc(B2OC(C)(C)C(C)(C)O2)c(C(=O)OC)n1. The first-order chi connectivity index (χ1) is 11.1. The van der Waals surface area contributed by atoms with E-state index in [9.17, 15) is 9.59 Å². The normalized spacial score (nSPS) is 18.3. The first-order valence-corrected chi connectivity index (χ1v) is 7.86. The topological polar surface area (TPSA) is 86.8 Å². The molecule has 1 aromatic rings. The van der Waals surface area contributed by atoms with E-state index in [0.29, 0.717) is 12.0 Å². The lowest BCUT2D eigenvalue weighted by molar-refractivity contribution is 0.00578. The Balaban J connectivity index is 2.44. The molecule has 1 amide bonds. The van der Waals surface area contributed by atoms with Gasteiger partial charge in [-0.1, -0.05) is 6.07 Å². The maximum absolute atomic E-state index is 12.1. The van der Waals surface area contributed by atoms with Crippen LogP contribution in [0.3, 0.4) is 0 Å². The molecular weight excluding hydrogens is 311 g/mol. The molecular formula is C16H23BN2O5. The van der Waals surface area contributed by atoms with E-state index < -0.39 is 24.3 Å². The summed E-state index contributed by atoms with van der Waals surface area (Å²) in [7, 11) is 0.497. The average Bonchev–Trinajstić information content (AvgIpc) is 2.74. The molecule has 1 N–H and O–H groups in total. The number of hydrogen-bond donors (Lipinski definition) is 1. The van der Waals surface area contributed by atoms with Crippen LogP contribution in [0.1, 0.15) is 55.6 Å². The third-order valence-corrected chi connectivity index (χ3v) is 4.38. The summed E-state index contributed by atoms with van der Waals surface area (Å²) in [5, 5.41) is 2.65. The Morgan fingerprint density at radius 3 is 2.29 bits per heavy atom. The van der Waals surface area contributed by atoms with Crippen molar-refractivity contribution in [1.29, 1.82) is 0 Å². The van der Waals surface area contributed by atoms with Gasteiger partial charge in [-0.2, -0.15) is 0 Å². The third-order valence-electron chi connectivity index (χ3n) is 4.38. The van der Waals surface area contributed by atoms with Crippen LogP contribution in [0.5, 0.6) is 0 Å². The van der Waals surface area contributed by atoms with Crippen molar-refractivity contribution in [2.75, 3.05) is 13.7 Å². The van der Waals surface area contributed by atoms with Crippen LogP contribution in [0.25, 0.3) is 0 Å². The van der Waals surface area contributed by atoms with E-state index in [1.54, 1.807) is 13.0 Å². The second kappa shape index (κ2) is 6.53. The first-order valence-electron chi connectivity index (χ1n) is 7.86. The fourth-order valence-electron chi connectivity index (χ4n) is 2.27. The zero-order valence-electron chi connectivity index (χ0n) is 14.9. The van der Waals surface area contributed by atoms with Crippen LogP contribution in [0.2, 0.25) is 0 Å². The van der Waals surface area contributed by atoms with Gasteiger partial charge in [0.1, 0.15) is 11.4 Å². The Kier molecular flexibility index (Phi) is 5.01. The molecule has 0 saturated carbocycles. The molecule has 1 aromatic heterocycles. The predicted molar refractivity (Wildman–Crippen MR) is 89.3 cm³/mol. The van der Waals surface area contributed by atoms with E-state index in [1.807, 2.05) is 27.7 Å². The van der Waals surface area contributed by atoms with Crippen molar-refractivity contribution in [3.05, 3.63) is 23.5 Å². The molecule has 1 saturated heterocycles. The van der Waals surface area contributed by atoms with Gasteiger partial charge in [-0.3, -0.25) is 4.79 Å². The number of methoxy groups -OCH3 is 1. The van der Waals surface area contributed by atoms with Gasteiger partial charge >= 0.3 is 13.1 Å². The predicted octanol–water partition coefficient (Wildman–Crippen LogP) is 0.917. The van der Waals surface area contributed by atoms with Crippen LogP contribution < -0.4 is 10.8 Å². The van der Waals surface area contributed by atoms with Gasteiger partial charge in [0.15, 0.2) is 0 Å². The molecule has 0 aliphatic carbocycles. The Labute approximate surface area is 142 Å². The summed E-state index contributed by atoms with van der Waals surface area (Å²) in [6, 6.07) is 3.16. The second-order valence-electron chi connectivity index (χ2n) is 6.57. The minimum Gasteiger partial charge on any atom is -0.464 e. The van der Waals surface area contributed by atoms with Gasteiger partial charge in [0.25, 0.3) is 5.91 Å².